The van der Waals surface area contributed by atoms with E-state index in [1.165, 1.54) is 0 Å². The summed E-state index contributed by atoms with van der Waals surface area (Å²) in [4.78, 5) is 21.4. The van der Waals surface area contributed by atoms with Crippen LogP contribution in [0.2, 0.25) is 0 Å². The van der Waals surface area contributed by atoms with Gasteiger partial charge in [0.2, 0.25) is 0 Å². The average Bonchev–Trinajstić information content (AvgIpc) is 2.15. The molecule has 1 aliphatic rings. The molecule has 0 bridgehead atoms. The van der Waals surface area contributed by atoms with Gasteiger partial charge in [-0.2, -0.15) is 0 Å². The van der Waals surface area contributed by atoms with Crippen LogP contribution in [-0.2, 0) is 19.7 Å². The minimum Gasteiger partial charge on any atom is -0.748 e. The number of hydrogen-bond acceptors (Lipinski definition) is 5. The smallest absolute Gasteiger partial charge is 0.306 e. The maximum absolute atomic E-state index is 10.8. The molecule has 1 rings (SSSR count). The molecule has 1 saturated carbocycles. The highest BCUT2D eigenvalue weighted by molar-refractivity contribution is 7.86. The third-order valence-corrected chi connectivity index (χ3v) is 3.97. The fourth-order valence-electron chi connectivity index (χ4n) is 1.91. The number of carbonyl (C=O) groups is 2. The number of carboxylic acids is 2. The van der Waals surface area contributed by atoms with E-state index in [-0.39, 0.29) is 19.3 Å². The summed E-state index contributed by atoms with van der Waals surface area (Å²) in [5.74, 6) is -4.69. The summed E-state index contributed by atoms with van der Waals surface area (Å²) < 4.78 is 32.3. The van der Waals surface area contributed by atoms with Gasteiger partial charge < -0.3 is 14.8 Å². The molecule has 2 atom stereocenters. The first kappa shape index (κ1) is 12.9. The van der Waals surface area contributed by atoms with Gasteiger partial charge in [-0.15, -0.1) is 0 Å². The number of carboxylic acid groups (broad SMARTS) is 2. The lowest BCUT2D eigenvalue weighted by Crippen LogP contribution is -2.38. The van der Waals surface area contributed by atoms with Crippen molar-refractivity contribution in [3.63, 3.8) is 0 Å². The molecule has 1 aliphatic carbocycles. The minimum absolute atomic E-state index is 0.128. The molecule has 8 heteroatoms. The van der Waals surface area contributed by atoms with Gasteiger partial charge >= 0.3 is 11.9 Å². The van der Waals surface area contributed by atoms with Crippen LogP contribution >= 0.6 is 0 Å². The monoisotopic (exact) mass is 251 g/mol. The van der Waals surface area contributed by atoms with Crippen LogP contribution < -0.4 is 0 Å². The molecule has 0 aromatic heterocycles. The summed E-state index contributed by atoms with van der Waals surface area (Å²) in [5.41, 5.74) is 0. The summed E-state index contributed by atoms with van der Waals surface area (Å²) in [5, 5.41) is 16.0. The molecule has 92 valence electrons. The Labute approximate surface area is 91.8 Å². The molecule has 0 heterocycles. The number of rotatable bonds is 3. The van der Waals surface area contributed by atoms with Crippen molar-refractivity contribution in [2.45, 2.75) is 24.5 Å². The van der Waals surface area contributed by atoms with E-state index in [2.05, 4.69) is 0 Å². The van der Waals surface area contributed by atoms with E-state index in [1.807, 2.05) is 0 Å². The van der Waals surface area contributed by atoms with E-state index in [0.717, 1.165) is 0 Å². The second-order valence-electron chi connectivity index (χ2n) is 3.89. The topological polar surface area (TPSA) is 132 Å². The fraction of sp³-hybridized carbons (Fsp3) is 0.750. The Morgan fingerprint density at radius 3 is 1.62 bits per heavy atom. The zero-order chi connectivity index (χ0) is 12.5. The quantitative estimate of drug-likeness (QED) is 0.645. The number of aliphatic carboxylic acids is 2. The molecule has 7 nitrogen and oxygen atoms in total. The van der Waals surface area contributed by atoms with E-state index in [1.54, 1.807) is 0 Å². The first-order chi connectivity index (χ1) is 7.21. The van der Waals surface area contributed by atoms with Crippen molar-refractivity contribution in [2.75, 3.05) is 0 Å². The second kappa shape index (κ2) is 4.38. The molecule has 0 spiro atoms. The Hall–Kier alpha value is -1.15. The summed E-state index contributed by atoms with van der Waals surface area (Å²) >= 11 is 0. The lowest BCUT2D eigenvalue weighted by molar-refractivity contribution is -0.147. The lowest BCUT2D eigenvalue weighted by Gasteiger charge is -2.32. The summed E-state index contributed by atoms with van der Waals surface area (Å²) in [6, 6.07) is 0. The number of hydrogen-bond donors (Lipinski definition) is 2. The molecule has 0 aromatic rings. The Morgan fingerprint density at radius 2 is 1.38 bits per heavy atom. The van der Waals surface area contributed by atoms with Gasteiger partial charge in [0.15, 0.2) is 0 Å². The van der Waals surface area contributed by atoms with Crippen LogP contribution in [0.25, 0.3) is 0 Å². The maximum Gasteiger partial charge on any atom is 0.306 e. The van der Waals surface area contributed by atoms with Crippen molar-refractivity contribution < 1.29 is 32.8 Å². The third-order valence-electron chi connectivity index (χ3n) is 2.77. The van der Waals surface area contributed by atoms with Gasteiger partial charge in [-0.25, -0.2) is 8.42 Å². The normalized spacial score (nSPS) is 30.9. The van der Waals surface area contributed by atoms with Gasteiger partial charge in [0, 0.05) is 0 Å². The zero-order valence-electron chi connectivity index (χ0n) is 8.20. The second-order valence-corrected chi connectivity index (χ2v) is 5.54. The molecule has 2 unspecified atom stereocenters. The Kier molecular flexibility index (Phi) is 3.54. The van der Waals surface area contributed by atoms with E-state index in [0.29, 0.717) is 0 Å². The van der Waals surface area contributed by atoms with Crippen LogP contribution in [0.15, 0.2) is 0 Å². The largest absolute Gasteiger partial charge is 0.748 e. The van der Waals surface area contributed by atoms with E-state index >= 15 is 0 Å². The highest BCUT2D eigenvalue weighted by atomic mass is 32.2. The molecular formula is C8H11O7S-. The van der Waals surface area contributed by atoms with Crippen LogP contribution in [0.1, 0.15) is 19.3 Å². The van der Waals surface area contributed by atoms with Gasteiger partial charge in [0.1, 0.15) is 0 Å². The van der Waals surface area contributed by atoms with Gasteiger partial charge in [-0.3, -0.25) is 9.59 Å². The van der Waals surface area contributed by atoms with Crippen molar-refractivity contribution in [1.29, 1.82) is 0 Å². The van der Waals surface area contributed by atoms with Crippen LogP contribution in [0.5, 0.6) is 0 Å². The highest BCUT2D eigenvalue weighted by Crippen LogP contribution is 2.33. The van der Waals surface area contributed by atoms with Crippen molar-refractivity contribution in [3.8, 4) is 0 Å². The van der Waals surface area contributed by atoms with Crippen LogP contribution in [-0.4, -0.2) is 40.4 Å². The Bertz CT molecular complexity index is 377. The lowest BCUT2D eigenvalue weighted by atomic mass is 9.81. The van der Waals surface area contributed by atoms with Crippen LogP contribution in [0, 0.1) is 11.8 Å². The molecule has 0 aromatic carbocycles. The predicted molar refractivity (Wildman–Crippen MR) is 49.6 cm³/mol. The van der Waals surface area contributed by atoms with Gasteiger partial charge in [-0.1, -0.05) is 0 Å². The molecule has 0 aliphatic heterocycles. The SMILES string of the molecule is O=C(O)C1CC(C(=O)O)CC(S(=O)(=O)[O-])C1. The zero-order valence-corrected chi connectivity index (χ0v) is 9.01. The minimum atomic E-state index is -4.64. The van der Waals surface area contributed by atoms with Gasteiger partial charge in [-0.05, 0) is 19.3 Å². The highest BCUT2D eigenvalue weighted by Gasteiger charge is 2.38. The average molecular weight is 251 g/mol. The van der Waals surface area contributed by atoms with Crippen molar-refractivity contribution in [2.24, 2.45) is 11.8 Å². The summed E-state index contributed by atoms with van der Waals surface area (Å²) in [7, 11) is -4.64. The summed E-state index contributed by atoms with van der Waals surface area (Å²) in [6.07, 6.45) is -0.730. The Morgan fingerprint density at radius 1 is 1.00 bits per heavy atom. The van der Waals surface area contributed by atoms with Gasteiger partial charge in [0.25, 0.3) is 0 Å². The van der Waals surface area contributed by atoms with Crippen molar-refractivity contribution in [3.05, 3.63) is 0 Å². The fourth-order valence-corrected chi connectivity index (χ4v) is 2.84. The molecule has 1 fully saturated rings. The van der Waals surface area contributed by atoms with Crippen molar-refractivity contribution in [1.82, 2.24) is 0 Å². The summed E-state index contributed by atoms with van der Waals surface area (Å²) in [6.45, 7) is 0. The van der Waals surface area contributed by atoms with Crippen LogP contribution in [0.3, 0.4) is 0 Å². The van der Waals surface area contributed by atoms with E-state index < -0.39 is 39.1 Å². The third kappa shape index (κ3) is 2.92. The Balaban J connectivity index is 2.91. The first-order valence-corrected chi connectivity index (χ1v) is 6.09. The van der Waals surface area contributed by atoms with Crippen molar-refractivity contribution >= 4 is 22.1 Å². The standard InChI is InChI=1S/C8H12O7S/c9-7(10)4-1-5(8(11)12)3-6(2-4)16(13,14)15/h4-6H,1-3H2,(H,9,10)(H,11,12)(H,13,14,15)/p-1. The first-order valence-electron chi connectivity index (χ1n) is 4.62. The van der Waals surface area contributed by atoms with E-state index in [4.69, 9.17) is 10.2 Å². The molecule has 0 saturated heterocycles. The van der Waals surface area contributed by atoms with Gasteiger partial charge in [0.05, 0.1) is 27.2 Å². The maximum atomic E-state index is 10.8. The molecule has 16 heavy (non-hydrogen) atoms. The molecular weight excluding hydrogens is 240 g/mol. The molecule has 2 N–H and O–H groups in total. The van der Waals surface area contributed by atoms with E-state index in [9.17, 15) is 22.6 Å². The molecule has 0 radical (unpaired) electrons. The molecule has 0 amide bonds. The van der Waals surface area contributed by atoms with Crippen LogP contribution in [0.4, 0.5) is 0 Å². The predicted octanol–water partition coefficient (Wildman–Crippen LogP) is -0.514.